The van der Waals surface area contributed by atoms with Crippen molar-refractivity contribution in [3.63, 3.8) is 0 Å². The largest absolute Gasteiger partial charge is 0.491 e. The first-order valence-electron chi connectivity index (χ1n) is 8.38. The normalized spacial score (nSPS) is 10.6. The zero-order chi connectivity index (χ0) is 18.9. The summed E-state index contributed by atoms with van der Waals surface area (Å²) in [5.41, 5.74) is 4.16. The van der Waals surface area contributed by atoms with Gasteiger partial charge in [0.2, 0.25) is 0 Å². The molecule has 0 saturated carbocycles. The fourth-order valence-electron chi connectivity index (χ4n) is 2.35. The molecule has 0 atom stereocenters. The summed E-state index contributed by atoms with van der Waals surface area (Å²) in [6, 6.07) is 14.9. The Labute approximate surface area is 166 Å². The molecule has 2 aromatic carbocycles. The van der Waals surface area contributed by atoms with Gasteiger partial charge in [-0.15, -0.1) is 23.1 Å². The van der Waals surface area contributed by atoms with Crippen LogP contribution in [0.1, 0.15) is 16.1 Å². The first kappa shape index (κ1) is 19.4. The second-order valence-electron chi connectivity index (χ2n) is 5.59. The summed E-state index contributed by atoms with van der Waals surface area (Å²) in [6.45, 7) is 0.976. The molecule has 27 heavy (non-hydrogen) atoms. The summed E-state index contributed by atoms with van der Waals surface area (Å²) in [7, 11) is 1.63. The molecule has 0 aliphatic carbocycles. The number of hydrogen-bond acceptors (Lipinski definition) is 6. The molecule has 0 aliphatic rings. The van der Waals surface area contributed by atoms with E-state index in [9.17, 15) is 4.79 Å². The molecular weight excluding hydrogens is 380 g/mol. The summed E-state index contributed by atoms with van der Waals surface area (Å²) >= 11 is 3.18. The summed E-state index contributed by atoms with van der Waals surface area (Å²) < 4.78 is 10.6. The Balaban J connectivity index is 1.66. The molecule has 1 heterocycles. The lowest BCUT2D eigenvalue weighted by molar-refractivity contribution is 0.102. The van der Waals surface area contributed by atoms with Crippen molar-refractivity contribution in [3.8, 4) is 5.75 Å². The number of thioether (sulfide) groups is 1. The van der Waals surface area contributed by atoms with E-state index in [-0.39, 0.29) is 5.91 Å². The van der Waals surface area contributed by atoms with Gasteiger partial charge in [0, 0.05) is 34.9 Å². The maximum Gasteiger partial charge on any atom is 0.256 e. The van der Waals surface area contributed by atoms with Crippen LogP contribution in [-0.2, 0) is 10.5 Å². The van der Waals surface area contributed by atoms with E-state index in [1.807, 2.05) is 53.4 Å². The third-order valence-corrected chi connectivity index (χ3v) is 5.38. The molecule has 0 fully saturated rings. The van der Waals surface area contributed by atoms with Gasteiger partial charge in [0.25, 0.3) is 5.91 Å². The molecule has 3 aromatic rings. The highest BCUT2D eigenvalue weighted by Crippen LogP contribution is 2.27. The van der Waals surface area contributed by atoms with E-state index < -0.39 is 0 Å². The van der Waals surface area contributed by atoms with Crippen molar-refractivity contribution in [1.29, 1.82) is 0 Å². The number of rotatable bonds is 9. The number of benzene rings is 2. The van der Waals surface area contributed by atoms with Crippen LogP contribution in [0.2, 0.25) is 0 Å². The van der Waals surface area contributed by atoms with E-state index in [0.29, 0.717) is 30.2 Å². The number of thiazole rings is 1. The van der Waals surface area contributed by atoms with E-state index >= 15 is 0 Å². The van der Waals surface area contributed by atoms with Crippen LogP contribution in [0.25, 0.3) is 0 Å². The molecule has 0 saturated heterocycles. The molecular formula is C20H20N2O3S2. The average Bonchev–Trinajstić information content (AvgIpc) is 3.21. The Morgan fingerprint density at radius 1 is 1.19 bits per heavy atom. The molecule has 3 rings (SSSR count). The smallest absolute Gasteiger partial charge is 0.256 e. The first-order chi connectivity index (χ1) is 13.3. The van der Waals surface area contributed by atoms with Crippen molar-refractivity contribution in [2.24, 2.45) is 0 Å². The molecule has 5 nitrogen and oxygen atoms in total. The van der Waals surface area contributed by atoms with Crippen LogP contribution in [0.15, 0.2) is 64.3 Å². The van der Waals surface area contributed by atoms with Crippen LogP contribution in [0.3, 0.4) is 0 Å². The van der Waals surface area contributed by atoms with Crippen LogP contribution in [0.5, 0.6) is 5.75 Å². The van der Waals surface area contributed by atoms with Crippen molar-refractivity contribution in [3.05, 3.63) is 70.7 Å². The summed E-state index contributed by atoms with van der Waals surface area (Å²) in [5.74, 6) is 1.28. The maximum atomic E-state index is 12.8. The second kappa shape index (κ2) is 10.1. The maximum absolute atomic E-state index is 12.8. The minimum Gasteiger partial charge on any atom is -0.491 e. The number of aromatic nitrogens is 1. The summed E-state index contributed by atoms with van der Waals surface area (Å²) in [5, 5.41) is 4.96. The van der Waals surface area contributed by atoms with E-state index in [1.54, 1.807) is 36.3 Å². The number of carbonyl (C=O) groups is 1. The van der Waals surface area contributed by atoms with Gasteiger partial charge in [-0.05, 0) is 24.3 Å². The quantitative estimate of drug-likeness (QED) is 0.416. The molecule has 7 heteroatoms. The first-order valence-corrected chi connectivity index (χ1v) is 10.3. The monoisotopic (exact) mass is 400 g/mol. The lowest BCUT2D eigenvalue weighted by atomic mass is 10.2. The SMILES string of the molecule is COCCOc1cccc(NC(=O)c2ccccc2SCc2cscn2)c1. The number of ether oxygens (including phenoxy) is 2. The number of nitrogens with zero attached hydrogens (tertiary/aromatic N) is 1. The Morgan fingerprint density at radius 2 is 2.07 bits per heavy atom. The fraction of sp³-hybridized carbons (Fsp3) is 0.200. The van der Waals surface area contributed by atoms with Gasteiger partial charge in [-0.25, -0.2) is 4.98 Å². The van der Waals surface area contributed by atoms with E-state index in [4.69, 9.17) is 9.47 Å². The predicted molar refractivity (Wildman–Crippen MR) is 110 cm³/mol. The predicted octanol–water partition coefficient (Wildman–Crippen LogP) is 4.71. The Kier molecular flexibility index (Phi) is 7.27. The minimum absolute atomic E-state index is 0.148. The number of carbonyl (C=O) groups excluding carboxylic acids is 1. The molecule has 0 bridgehead atoms. The van der Waals surface area contributed by atoms with E-state index in [1.165, 1.54) is 0 Å². The molecule has 140 valence electrons. The highest BCUT2D eigenvalue weighted by atomic mass is 32.2. The van der Waals surface area contributed by atoms with Gasteiger partial charge in [-0.2, -0.15) is 0 Å². The molecule has 0 spiro atoms. The summed E-state index contributed by atoms with van der Waals surface area (Å²) in [6.07, 6.45) is 0. The van der Waals surface area contributed by atoms with Gasteiger partial charge in [0.1, 0.15) is 12.4 Å². The number of anilines is 1. The number of hydrogen-bond donors (Lipinski definition) is 1. The van der Waals surface area contributed by atoms with Crippen LogP contribution >= 0.6 is 23.1 Å². The Hall–Kier alpha value is -2.35. The van der Waals surface area contributed by atoms with Crippen molar-refractivity contribution in [2.75, 3.05) is 25.6 Å². The average molecular weight is 401 g/mol. The standard InChI is InChI=1S/C20H20N2O3S2/c1-24-9-10-25-17-6-4-5-15(11-17)22-20(23)18-7-2-3-8-19(18)27-13-16-12-26-14-21-16/h2-8,11-12,14H,9-10,13H2,1H3,(H,22,23). The lowest BCUT2D eigenvalue weighted by Gasteiger charge is -2.11. The molecule has 1 amide bonds. The Morgan fingerprint density at radius 3 is 2.89 bits per heavy atom. The zero-order valence-electron chi connectivity index (χ0n) is 14.9. The van der Waals surface area contributed by atoms with Gasteiger partial charge in [-0.1, -0.05) is 18.2 Å². The molecule has 0 unspecified atom stereocenters. The van der Waals surface area contributed by atoms with Crippen LogP contribution in [0.4, 0.5) is 5.69 Å². The highest BCUT2D eigenvalue weighted by Gasteiger charge is 2.12. The van der Waals surface area contributed by atoms with Gasteiger partial charge >= 0.3 is 0 Å². The van der Waals surface area contributed by atoms with Crippen molar-refractivity contribution in [1.82, 2.24) is 4.98 Å². The third kappa shape index (κ3) is 5.82. The zero-order valence-corrected chi connectivity index (χ0v) is 16.5. The van der Waals surface area contributed by atoms with Crippen molar-refractivity contribution in [2.45, 2.75) is 10.6 Å². The second-order valence-corrected chi connectivity index (χ2v) is 7.32. The number of amides is 1. The highest BCUT2D eigenvalue weighted by molar-refractivity contribution is 7.98. The molecule has 1 aromatic heterocycles. The van der Waals surface area contributed by atoms with Crippen molar-refractivity contribution < 1.29 is 14.3 Å². The topological polar surface area (TPSA) is 60.5 Å². The van der Waals surface area contributed by atoms with Gasteiger partial charge in [-0.3, -0.25) is 4.79 Å². The fourth-order valence-corrected chi connectivity index (χ4v) is 3.96. The van der Waals surface area contributed by atoms with Crippen LogP contribution in [0, 0.1) is 0 Å². The van der Waals surface area contributed by atoms with Crippen LogP contribution in [-0.4, -0.2) is 31.2 Å². The number of methoxy groups -OCH3 is 1. The molecule has 0 aliphatic heterocycles. The Bertz CT molecular complexity index is 869. The van der Waals surface area contributed by atoms with E-state index in [0.717, 1.165) is 16.3 Å². The summed E-state index contributed by atoms with van der Waals surface area (Å²) in [4.78, 5) is 18.0. The third-order valence-electron chi connectivity index (χ3n) is 3.64. The number of nitrogens with one attached hydrogen (secondary N) is 1. The van der Waals surface area contributed by atoms with Gasteiger partial charge in [0.15, 0.2) is 0 Å². The van der Waals surface area contributed by atoms with Crippen molar-refractivity contribution >= 4 is 34.7 Å². The van der Waals surface area contributed by atoms with Gasteiger partial charge in [0.05, 0.1) is 23.4 Å². The minimum atomic E-state index is -0.148. The van der Waals surface area contributed by atoms with Crippen LogP contribution < -0.4 is 10.1 Å². The molecule has 0 radical (unpaired) electrons. The molecule has 1 N–H and O–H groups in total. The van der Waals surface area contributed by atoms with E-state index in [2.05, 4.69) is 10.3 Å². The van der Waals surface area contributed by atoms with Gasteiger partial charge < -0.3 is 14.8 Å². The lowest BCUT2D eigenvalue weighted by Crippen LogP contribution is -2.13.